The molecule has 0 aliphatic rings. The third-order valence-corrected chi connectivity index (χ3v) is 13.3. The minimum absolute atomic E-state index is 0. The number of halogens is 2. The summed E-state index contributed by atoms with van der Waals surface area (Å²) in [6.07, 6.45) is 0. The molecule has 73 heavy (non-hydrogen) atoms. The summed E-state index contributed by atoms with van der Waals surface area (Å²) < 4.78 is 0. The quantitative estimate of drug-likeness (QED) is 0.122. The van der Waals surface area contributed by atoms with Crippen LogP contribution in [0.25, 0.3) is 76.5 Å². The van der Waals surface area contributed by atoms with Gasteiger partial charge in [-0.3, -0.25) is 0 Å². The molecule has 0 spiro atoms. The van der Waals surface area contributed by atoms with Crippen LogP contribution >= 0.6 is 17.0 Å². The molecule has 0 nitrogen and oxygen atoms in total. The Morgan fingerprint density at radius 3 is 1.29 bits per heavy atom. The molecule has 0 atom stereocenters. The van der Waals surface area contributed by atoms with Crippen LogP contribution in [0.4, 0.5) is 0 Å². The molecule has 0 heterocycles. The summed E-state index contributed by atoms with van der Waals surface area (Å²) >= 11 is -0.826. The predicted molar refractivity (Wildman–Crippen MR) is 321 cm³/mol. The number of hydrogen-bond donors (Lipinski definition) is 0. The molecule has 0 unspecified atom stereocenters. The van der Waals surface area contributed by atoms with Crippen LogP contribution < -0.4 is 0 Å². The molecular weight excluding hydrogens is 1100 g/mol. The van der Waals surface area contributed by atoms with Crippen LogP contribution in [0, 0.1) is 13.8 Å². The second-order valence-electron chi connectivity index (χ2n) is 22.7. The van der Waals surface area contributed by atoms with E-state index in [4.69, 9.17) is 17.0 Å². The molecule has 0 fully saturated rings. The third kappa shape index (κ3) is 15.4. The van der Waals surface area contributed by atoms with Crippen molar-refractivity contribution in [2.75, 3.05) is 0 Å². The molecule has 5 heteroatoms. The molecule has 0 amide bonds. The van der Waals surface area contributed by atoms with Crippen LogP contribution in [-0.2, 0) is 63.3 Å². The Kier molecular flexibility index (Phi) is 21.6. The third-order valence-electron chi connectivity index (χ3n) is 13.3. The van der Waals surface area contributed by atoms with Gasteiger partial charge in [-0.1, -0.05) is 223 Å². The van der Waals surface area contributed by atoms with E-state index in [0.717, 1.165) is 9.52 Å². The van der Waals surface area contributed by atoms with Gasteiger partial charge >= 0.3 is 64.1 Å². The van der Waals surface area contributed by atoms with Gasteiger partial charge in [0, 0.05) is 9.52 Å². The standard InChI is InChI=1S/C24H29.C22H25.C20H15.C2H6Si.2ClH.2Zr/c1-16-11-17-9-8-10-21(22(17)12-16)18-13-19(23(2,3)4)15-20(14-18)24(5,6)7;1-15(2)18-13-17-7-6-8-20(21(17)14-18)16-9-11-19(12-10-16)22(3,4)5;1-14-12-16-8-5-11-19(20(16)13-14)18-10-4-7-15-6-2-3-9-17(15)18;1-3-2;;;;/h8-15H,1-7H3;6-15H,1-5H3;2-13H,1H3;1-2H3;2*1H;;/q3*-1;;;;2*+2/p-2. The van der Waals surface area contributed by atoms with Gasteiger partial charge in [0.15, 0.2) is 0 Å². The van der Waals surface area contributed by atoms with Crippen molar-refractivity contribution >= 4 is 69.6 Å². The zero-order chi connectivity index (χ0) is 52.5. The molecule has 10 aromatic rings. The molecular formula is C68H75Cl2SiZr2-. The first-order valence-electron chi connectivity index (χ1n) is 25.4. The van der Waals surface area contributed by atoms with Gasteiger partial charge in [-0.25, -0.2) is 0 Å². The van der Waals surface area contributed by atoms with E-state index in [9.17, 15) is 0 Å². The summed E-state index contributed by atoms with van der Waals surface area (Å²) in [4.78, 5) is 0. The minimum Gasteiger partial charge on any atom is 2.00 e. The second kappa shape index (κ2) is 26.3. The number of hydrogen-bond acceptors (Lipinski definition) is 0. The smallest absolute Gasteiger partial charge is 2.00 e. The molecule has 0 aliphatic carbocycles. The van der Waals surface area contributed by atoms with E-state index >= 15 is 0 Å². The Balaban J connectivity index is 0.000000192. The molecule has 0 bridgehead atoms. The van der Waals surface area contributed by atoms with E-state index in [0.29, 0.717) is 5.92 Å². The van der Waals surface area contributed by atoms with E-state index in [-0.39, 0.29) is 42.4 Å². The normalized spacial score (nSPS) is 11.4. The summed E-state index contributed by atoms with van der Waals surface area (Å²) in [5.74, 6) is 0.573. The van der Waals surface area contributed by atoms with Gasteiger partial charge in [-0.15, -0.1) is 104 Å². The van der Waals surface area contributed by atoms with Crippen molar-refractivity contribution in [2.45, 2.75) is 125 Å². The molecule has 0 saturated heterocycles. The first-order valence-corrected chi connectivity index (χ1v) is 33.7. The van der Waals surface area contributed by atoms with E-state index in [1.165, 1.54) is 110 Å². The number of fused-ring (bicyclic) bond motifs is 4. The molecule has 10 aromatic carbocycles. The molecule has 0 N–H and O–H groups in total. The van der Waals surface area contributed by atoms with Gasteiger partial charge in [0.05, 0.1) is 0 Å². The summed E-state index contributed by atoms with van der Waals surface area (Å²) in [5.41, 5.74) is 16.7. The van der Waals surface area contributed by atoms with Gasteiger partial charge in [0.2, 0.25) is 0 Å². The van der Waals surface area contributed by atoms with E-state index in [1.807, 2.05) is 0 Å². The Morgan fingerprint density at radius 2 is 0.808 bits per heavy atom. The van der Waals surface area contributed by atoms with E-state index in [1.54, 1.807) is 0 Å². The number of aryl methyl sites for hydroxylation is 2. The van der Waals surface area contributed by atoms with Gasteiger partial charge in [0.25, 0.3) is 0 Å². The monoisotopic (exact) mass is 1170 g/mol. The Hall–Kier alpha value is -3.81. The van der Waals surface area contributed by atoms with Crippen LogP contribution in [0.15, 0.2) is 176 Å². The average molecular weight is 1170 g/mol. The van der Waals surface area contributed by atoms with E-state index in [2.05, 4.69) is 279 Å². The Morgan fingerprint density at radius 1 is 0.425 bits per heavy atom. The van der Waals surface area contributed by atoms with Gasteiger partial charge in [0.1, 0.15) is 0 Å². The maximum atomic E-state index is 4.93. The second-order valence-corrected chi connectivity index (χ2v) is 27.4. The molecule has 10 rings (SSSR count). The fraction of sp³-hybridized carbons (Fsp3) is 0.279. The number of rotatable bonds is 4. The summed E-state index contributed by atoms with van der Waals surface area (Å²) in [5, 5.41) is 10.7. The van der Waals surface area contributed by atoms with E-state index < -0.39 is 20.8 Å². The van der Waals surface area contributed by atoms with Crippen LogP contribution in [0.3, 0.4) is 0 Å². The molecule has 0 aromatic heterocycles. The average Bonchev–Trinajstić information content (AvgIpc) is 4.07. The SMILES string of the molecule is CC(C)c1cc2c(-c3ccc(C(C)(C)C)cc3)cccc2[cH-]1.C[Si]C.Cc1cc2c(-c3cc(C(C)(C)C)cc(C(C)(C)C)c3)cccc2[cH-]1.Cc1cc2c(-c3cccc4ccccc34)cccc2[cH-]1.[Cl][Zr][Cl].[Zr+2]. The van der Waals surface area contributed by atoms with Gasteiger partial charge < -0.3 is 0 Å². The maximum Gasteiger partial charge on any atom is 2.00 e. The number of benzene rings is 7. The largest absolute Gasteiger partial charge is 2.00 e. The molecule has 374 valence electrons. The molecule has 0 aliphatic heterocycles. The van der Waals surface area contributed by atoms with Crippen molar-refractivity contribution in [3.63, 3.8) is 0 Å². The zero-order valence-electron chi connectivity index (χ0n) is 46.1. The first-order chi connectivity index (χ1) is 34.1. The Labute approximate surface area is 480 Å². The van der Waals surface area contributed by atoms with Crippen molar-refractivity contribution in [2.24, 2.45) is 0 Å². The maximum absolute atomic E-state index is 4.93. The summed E-state index contributed by atoms with van der Waals surface area (Å²) in [6, 6.07) is 65.0. The van der Waals surface area contributed by atoms with Crippen molar-refractivity contribution in [3.8, 4) is 33.4 Å². The Bertz CT molecular complexity index is 3300. The molecule has 2 radical (unpaired) electrons. The topological polar surface area (TPSA) is 0 Å². The van der Waals surface area contributed by atoms with Crippen LogP contribution in [0.1, 0.15) is 115 Å². The fourth-order valence-electron chi connectivity index (χ4n) is 9.36. The van der Waals surface area contributed by atoms with Crippen LogP contribution in [-0.4, -0.2) is 9.52 Å². The zero-order valence-corrected chi connectivity index (χ0v) is 53.5. The van der Waals surface area contributed by atoms with Crippen molar-refractivity contribution < 1.29 is 47.1 Å². The van der Waals surface area contributed by atoms with Crippen molar-refractivity contribution in [3.05, 3.63) is 209 Å². The summed E-state index contributed by atoms with van der Waals surface area (Å²) in [7, 11) is 11.0. The first kappa shape index (κ1) is 60.1. The van der Waals surface area contributed by atoms with Crippen molar-refractivity contribution in [1.29, 1.82) is 0 Å². The predicted octanol–water partition coefficient (Wildman–Crippen LogP) is 21.6. The fourth-order valence-corrected chi connectivity index (χ4v) is 9.36. The van der Waals surface area contributed by atoms with Crippen LogP contribution in [0.2, 0.25) is 13.1 Å². The summed E-state index contributed by atoms with van der Waals surface area (Å²) in [6.45, 7) is 33.7. The minimum atomic E-state index is -0.826. The van der Waals surface area contributed by atoms with Crippen LogP contribution in [0.5, 0.6) is 0 Å². The van der Waals surface area contributed by atoms with Gasteiger partial charge in [-0.2, -0.15) is 18.2 Å². The molecule has 0 saturated carbocycles. The van der Waals surface area contributed by atoms with Crippen molar-refractivity contribution in [1.82, 2.24) is 0 Å². The van der Waals surface area contributed by atoms with Gasteiger partial charge in [-0.05, 0) is 66.3 Å².